The van der Waals surface area contributed by atoms with Crippen molar-refractivity contribution in [3.8, 4) is 0 Å². The molecular weight excluding hydrogens is 332 g/mol. The molecule has 0 fully saturated rings. The van der Waals surface area contributed by atoms with Gasteiger partial charge in [-0.2, -0.15) is 0 Å². The molecule has 5 aromatic rings. The first-order chi connectivity index (χ1) is 13.2. The Hall–Kier alpha value is -3.04. The van der Waals surface area contributed by atoms with Crippen LogP contribution in [-0.2, 0) is 13.1 Å². The first kappa shape index (κ1) is 16.2. The lowest BCUT2D eigenvalue weighted by molar-refractivity contribution is 0.138. The molecule has 3 aromatic carbocycles. The van der Waals surface area contributed by atoms with Gasteiger partial charge in [0, 0.05) is 33.0 Å². The first-order valence-electron chi connectivity index (χ1n) is 9.41. The van der Waals surface area contributed by atoms with E-state index < -0.39 is 6.10 Å². The van der Waals surface area contributed by atoms with Crippen LogP contribution in [0.5, 0.6) is 0 Å². The molecule has 134 valence electrons. The number of aryl methyl sites for hydroxylation is 1. The second-order valence-electron chi connectivity index (χ2n) is 7.25. The summed E-state index contributed by atoms with van der Waals surface area (Å²) in [6.07, 6.45) is -0.473. The van der Waals surface area contributed by atoms with Gasteiger partial charge >= 0.3 is 0 Å². The van der Waals surface area contributed by atoms with Crippen molar-refractivity contribution in [2.24, 2.45) is 0 Å². The lowest BCUT2D eigenvalue weighted by Gasteiger charge is -2.17. The van der Waals surface area contributed by atoms with Crippen LogP contribution >= 0.6 is 0 Å². The van der Waals surface area contributed by atoms with Crippen molar-refractivity contribution >= 4 is 32.7 Å². The Balaban J connectivity index is 1.54. The van der Waals surface area contributed by atoms with Crippen LogP contribution in [0.2, 0.25) is 0 Å². The highest BCUT2D eigenvalue weighted by molar-refractivity contribution is 6.07. The number of nitrogens with zero attached hydrogens (tertiary/aromatic N) is 2. The summed E-state index contributed by atoms with van der Waals surface area (Å²) in [5, 5.41) is 14.7. The zero-order valence-electron chi connectivity index (χ0n) is 15.3. The minimum Gasteiger partial charge on any atom is -0.389 e. The third-order valence-corrected chi connectivity index (χ3v) is 5.48. The SMILES string of the molecule is Cc1cc2ccccc2n1CC(O)Cn1c2ccccc2c2ccccc21. The smallest absolute Gasteiger partial charge is 0.0897 e. The van der Waals surface area contributed by atoms with Crippen LogP contribution in [0.4, 0.5) is 0 Å². The van der Waals surface area contributed by atoms with E-state index in [0.717, 1.165) is 0 Å². The maximum atomic E-state index is 11.0. The van der Waals surface area contributed by atoms with Crippen molar-refractivity contribution in [2.45, 2.75) is 26.1 Å². The molecule has 1 atom stereocenters. The van der Waals surface area contributed by atoms with Gasteiger partial charge in [-0.05, 0) is 36.6 Å². The summed E-state index contributed by atoms with van der Waals surface area (Å²) in [4.78, 5) is 0. The van der Waals surface area contributed by atoms with E-state index in [4.69, 9.17) is 0 Å². The second kappa shape index (κ2) is 6.29. The topological polar surface area (TPSA) is 30.1 Å². The van der Waals surface area contributed by atoms with Crippen LogP contribution in [-0.4, -0.2) is 20.3 Å². The summed E-state index contributed by atoms with van der Waals surface area (Å²) < 4.78 is 4.46. The number of fused-ring (bicyclic) bond motifs is 4. The van der Waals surface area contributed by atoms with Gasteiger partial charge in [0.05, 0.1) is 19.2 Å². The molecule has 0 saturated carbocycles. The van der Waals surface area contributed by atoms with Crippen LogP contribution in [0.15, 0.2) is 78.9 Å². The average molecular weight is 354 g/mol. The molecule has 0 saturated heterocycles. The number of para-hydroxylation sites is 3. The first-order valence-corrected chi connectivity index (χ1v) is 9.41. The lowest BCUT2D eigenvalue weighted by atomic mass is 10.2. The predicted molar refractivity (Wildman–Crippen MR) is 112 cm³/mol. The van der Waals surface area contributed by atoms with Crippen molar-refractivity contribution in [3.63, 3.8) is 0 Å². The van der Waals surface area contributed by atoms with Gasteiger partial charge in [0.2, 0.25) is 0 Å². The largest absolute Gasteiger partial charge is 0.389 e. The van der Waals surface area contributed by atoms with E-state index in [-0.39, 0.29) is 0 Å². The molecule has 0 radical (unpaired) electrons. The normalized spacial score (nSPS) is 13.0. The van der Waals surface area contributed by atoms with E-state index in [1.165, 1.54) is 38.4 Å². The molecule has 0 bridgehead atoms. The molecule has 27 heavy (non-hydrogen) atoms. The fourth-order valence-corrected chi connectivity index (χ4v) is 4.27. The maximum Gasteiger partial charge on any atom is 0.0897 e. The van der Waals surface area contributed by atoms with E-state index in [2.05, 4.69) is 94.9 Å². The van der Waals surface area contributed by atoms with Gasteiger partial charge in [0.1, 0.15) is 0 Å². The Morgan fingerprint density at radius 1 is 0.704 bits per heavy atom. The molecule has 3 nitrogen and oxygen atoms in total. The Labute approximate surface area is 158 Å². The van der Waals surface area contributed by atoms with Crippen LogP contribution in [0.3, 0.4) is 0 Å². The molecular formula is C24H22N2O. The number of aromatic nitrogens is 2. The number of aliphatic hydroxyl groups is 1. The Morgan fingerprint density at radius 2 is 1.22 bits per heavy atom. The average Bonchev–Trinajstić information content (AvgIpc) is 3.18. The highest BCUT2D eigenvalue weighted by Gasteiger charge is 2.15. The minimum atomic E-state index is -0.473. The van der Waals surface area contributed by atoms with E-state index in [1.807, 2.05) is 0 Å². The molecule has 0 aliphatic carbocycles. The van der Waals surface area contributed by atoms with Crippen LogP contribution < -0.4 is 0 Å². The number of hydrogen-bond donors (Lipinski definition) is 1. The summed E-state index contributed by atoms with van der Waals surface area (Å²) in [6, 6.07) is 27.4. The lowest BCUT2D eigenvalue weighted by Crippen LogP contribution is -2.22. The molecule has 1 N–H and O–H groups in total. The Kier molecular flexibility index (Phi) is 3.76. The quantitative estimate of drug-likeness (QED) is 0.477. The van der Waals surface area contributed by atoms with E-state index in [0.29, 0.717) is 13.1 Å². The molecule has 2 aromatic heterocycles. The zero-order chi connectivity index (χ0) is 18.4. The van der Waals surface area contributed by atoms with Crippen molar-refractivity contribution < 1.29 is 5.11 Å². The summed E-state index contributed by atoms with van der Waals surface area (Å²) in [5.74, 6) is 0. The van der Waals surface area contributed by atoms with Gasteiger partial charge in [0.25, 0.3) is 0 Å². The van der Waals surface area contributed by atoms with Crippen molar-refractivity contribution in [2.75, 3.05) is 0 Å². The third-order valence-electron chi connectivity index (χ3n) is 5.48. The molecule has 0 amide bonds. The van der Waals surface area contributed by atoms with Crippen LogP contribution in [0, 0.1) is 6.92 Å². The molecule has 5 rings (SSSR count). The van der Waals surface area contributed by atoms with Gasteiger partial charge in [0.15, 0.2) is 0 Å². The van der Waals surface area contributed by atoms with Crippen molar-refractivity contribution in [1.82, 2.24) is 9.13 Å². The predicted octanol–water partition coefficient (Wildman–Crippen LogP) is 5.12. The van der Waals surface area contributed by atoms with Gasteiger partial charge in [-0.25, -0.2) is 0 Å². The summed E-state index contributed by atoms with van der Waals surface area (Å²) in [5.41, 5.74) is 4.70. The minimum absolute atomic E-state index is 0.473. The highest BCUT2D eigenvalue weighted by atomic mass is 16.3. The molecule has 2 heterocycles. The summed E-state index contributed by atoms with van der Waals surface area (Å²) in [7, 11) is 0. The Bertz CT molecular complexity index is 1210. The van der Waals surface area contributed by atoms with Gasteiger partial charge in [-0.1, -0.05) is 54.6 Å². The fourth-order valence-electron chi connectivity index (χ4n) is 4.27. The second-order valence-corrected chi connectivity index (χ2v) is 7.25. The molecule has 0 aliphatic rings. The number of benzene rings is 3. The van der Waals surface area contributed by atoms with Crippen LogP contribution in [0.1, 0.15) is 5.69 Å². The van der Waals surface area contributed by atoms with Gasteiger partial charge in [-0.15, -0.1) is 0 Å². The fraction of sp³-hybridized carbons (Fsp3) is 0.167. The monoisotopic (exact) mass is 354 g/mol. The number of rotatable bonds is 4. The maximum absolute atomic E-state index is 11.0. The summed E-state index contributed by atoms with van der Waals surface area (Å²) in [6.45, 7) is 3.26. The standard InChI is InChI=1S/C24H22N2O/c1-17-14-18-8-2-5-11-22(18)25(17)15-19(27)16-26-23-12-6-3-9-20(23)21-10-4-7-13-24(21)26/h2-14,19,27H,15-16H2,1H3. The van der Waals surface area contributed by atoms with E-state index >= 15 is 0 Å². The number of aliphatic hydroxyl groups excluding tert-OH is 1. The molecule has 3 heteroatoms. The number of hydrogen-bond acceptors (Lipinski definition) is 1. The van der Waals surface area contributed by atoms with Crippen molar-refractivity contribution in [3.05, 3.63) is 84.6 Å². The molecule has 0 aliphatic heterocycles. The van der Waals surface area contributed by atoms with Crippen molar-refractivity contribution in [1.29, 1.82) is 0 Å². The van der Waals surface area contributed by atoms with E-state index in [9.17, 15) is 5.11 Å². The third kappa shape index (κ3) is 2.63. The summed E-state index contributed by atoms with van der Waals surface area (Å²) >= 11 is 0. The molecule has 0 spiro atoms. The van der Waals surface area contributed by atoms with Crippen LogP contribution in [0.25, 0.3) is 32.7 Å². The van der Waals surface area contributed by atoms with Gasteiger partial charge in [-0.3, -0.25) is 0 Å². The molecule has 1 unspecified atom stereocenters. The Morgan fingerprint density at radius 3 is 1.89 bits per heavy atom. The van der Waals surface area contributed by atoms with Gasteiger partial charge < -0.3 is 14.2 Å². The van der Waals surface area contributed by atoms with E-state index in [1.54, 1.807) is 0 Å². The zero-order valence-corrected chi connectivity index (χ0v) is 15.3. The highest BCUT2D eigenvalue weighted by Crippen LogP contribution is 2.29.